The van der Waals surface area contributed by atoms with Crippen LogP contribution in [0.1, 0.15) is 36.3 Å². The van der Waals surface area contributed by atoms with Gasteiger partial charge in [-0.3, -0.25) is 4.79 Å². The lowest BCUT2D eigenvalue weighted by atomic mass is 9.98. The zero-order valence-corrected chi connectivity index (χ0v) is 14.6. The zero-order valence-electron chi connectivity index (χ0n) is 14.6. The third-order valence-corrected chi connectivity index (χ3v) is 5.63. The van der Waals surface area contributed by atoms with Crippen LogP contribution in [0.2, 0.25) is 0 Å². The van der Waals surface area contributed by atoms with Gasteiger partial charge in [-0.05, 0) is 35.1 Å². The highest BCUT2D eigenvalue weighted by atomic mass is 16.6. The predicted octanol–water partition coefficient (Wildman–Crippen LogP) is 3.87. The molecule has 0 atom stereocenters. The first-order valence-corrected chi connectivity index (χ1v) is 8.82. The van der Waals surface area contributed by atoms with Crippen molar-refractivity contribution in [2.24, 2.45) is 0 Å². The van der Waals surface area contributed by atoms with Gasteiger partial charge in [-0.25, -0.2) is 4.79 Å². The third kappa shape index (κ3) is 2.73. The number of hydrogen-bond acceptors (Lipinski definition) is 3. The second-order valence-electron chi connectivity index (χ2n) is 7.16. The Kier molecular flexibility index (Phi) is 3.94. The maximum Gasteiger partial charge on any atom is 0.410 e. The second kappa shape index (κ2) is 6.16. The van der Waals surface area contributed by atoms with E-state index in [0.29, 0.717) is 12.8 Å². The van der Waals surface area contributed by atoms with Crippen molar-refractivity contribution in [3.63, 3.8) is 0 Å². The van der Waals surface area contributed by atoms with Crippen LogP contribution in [0, 0.1) is 0 Å². The Morgan fingerprint density at radius 3 is 2.12 bits per heavy atom. The van der Waals surface area contributed by atoms with E-state index in [1.165, 1.54) is 16.0 Å². The van der Waals surface area contributed by atoms with Crippen molar-refractivity contribution in [3.05, 3.63) is 59.7 Å². The molecule has 0 spiro atoms. The molecule has 2 aliphatic carbocycles. The summed E-state index contributed by atoms with van der Waals surface area (Å²) in [6.45, 7) is 0.250. The standard InChI is InChI=1S/C21H21NO4/c1-22(21(10-11-21)12-19(23)24)20(25)26-13-18-16-8-4-2-6-14(16)15-7-3-5-9-17(15)18/h2-9,18H,10-13H2,1H3,(H,23,24). The van der Waals surface area contributed by atoms with E-state index in [0.717, 1.165) is 11.1 Å². The first kappa shape index (κ1) is 16.6. The molecule has 1 N–H and O–H groups in total. The van der Waals surface area contributed by atoms with E-state index >= 15 is 0 Å². The molecular formula is C21H21NO4. The van der Waals surface area contributed by atoms with Crippen molar-refractivity contribution in [3.8, 4) is 11.1 Å². The van der Waals surface area contributed by atoms with Crippen LogP contribution in [0.25, 0.3) is 11.1 Å². The van der Waals surface area contributed by atoms with Crippen molar-refractivity contribution in [2.75, 3.05) is 13.7 Å². The number of carboxylic acids is 1. The van der Waals surface area contributed by atoms with Crippen LogP contribution >= 0.6 is 0 Å². The highest BCUT2D eigenvalue weighted by Crippen LogP contribution is 2.46. The molecule has 0 bridgehead atoms. The quantitative estimate of drug-likeness (QED) is 0.888. The molecule has 5 nitrogen and oxygen atoms in total. The largest absolute Gasteiger partial charge is 0.481 e. The minimum atomic E-state index is -0.888. The lowest BCUT2D eigenvalue weighted by Gasteiger charge is -2.27. The van der Waals surface area contributed by atoms with Gasteiger partial charge in [-0.1, -0.05) is 48.5 Å². The summed E-state index contributed by atoms with van der Waals surface area (Å²) in [5.74, 6) is -0.879. The Labute approximate surface area is 152 Å². The van der Waals surface area contributed by atoms with E-state index < -0.39 is 17.6 Å². The van der Waals surface area contributed by atoms with Crippen LogP contribution in [0.15, 0.2) is 48.5 Å². The SMILES string of the molecule is CN(C(=O)OCC1c2ccccc2-c2ccccc21)C1(CC(=O)O)CC1. The first-order valence-electron chi connectivity index (χ1n) is 8.82. The Morgan fingerprint density at radius 1 is 1.08 bits per heavy atom. The van der Waals surface area contributed by atoms with Crippen molar-refractivity contribution >= 4 is 12.1 Å². The fourth-order valence-electron chi connectivity index (χ4n) is 3.94. The number of ether oxygens (including phenoxy) is 1. The van der Waals surface area contributed by atoms with E-state index in [1.807, 2.05) is 24.3 Å². The van der Waals surface area contributed by atoms with Gasteiger partial charge in [0.25, 0.3) is 0 Å². The van der Waals surface area contributed by atoms with Gasteiger partial charge < -0.3 is 14.7 Å². The van der Waals surface area contributed by atoms with Crippen LogP contribution < -0.4 is 0 Å². The molecule has 26 heavy (non-hydrogen) atoms. The molecule has 2 aromatic carbocycles. The molecular weight excluding hydrogens is 330 g/mol. The fraction of sp³-hybridized carbons (Fsp3) is 0.333. The summed E-state index contributed by atoms with van der Waals surface area (Å²) in [5.41, 5.74) is 4.12. The van der Waals surface area contributed by atoms with Crippen LogP contribution in [0.5, 0.6) is 0 Å². The van der Waals surface area contributed by atoms with Gasteiger partial charge in [-0.2, -0.15) is 0 Å². The Balaban J connectivity index is 1.50. The van der Waals surface area contributed by atoms with Crippen LogP contribution in [-0.2, 0) is 9.53 Å². The number of carbonyl (C=O) groups is 2. The van der Waals surface area contributed by atoms with Gasteiger partial charge >= 0.3 is 12.1 Å². The summed E-state index contributed by atoms with van der Waals surface area (Å²) in [5, 5.41) is 9.06. The molecule has 0 saturated heterocycles. The maximum atomic E-state index is 12.5. The molecule has 0 unspecified atom stereocenters. The number of carbonyl (C=O) groups excluding carboxylic acids is 1. The van der Waals surface area contributed by atoms with Crippen molar-refractivity contribution in [2.45, 2.75) is 30.7 Å². The molecule has 2 aliphatic rings. The molecule has 1 saturated carbocycles. The molecule has 1 amide bonds. The second-order valence-corrected chi connectivity index (χ2v) is 7.16. The van der Waals surface area contributed by atoms with E-state index in [1.54, 1.807) is 7.05 Å². The molecule has 1 fully saturated rings. The number of amides is 1. The Hall–Kier alpha value is -2.82. The number of aliphatic carboxylic acids is 1. The summed E-state index contributed by atoms with van der Waals surface area (Å²) in [6, 6.07) is 16.4. The highest BCUT2D eigenvalue weighted by Gasteiger charge is 2.50. The van der Waals surface area contributed by atoms with E-state index in [2.05, 4.69) is 24.3 Å². The van der Waals surface area contributed by atoms with Crippen molar-refractivity contribution in [1.29, 1.82) is 0 Å². The van der Waals surface area contributed by atoms with Crippen molar-refractivity contribution in [1.82, 2.24) is 4.90 Å². The minimum Gasteiger partial charge on any atom is -0.481 e. The van der Waals surface area contributed by atoms with Gasteiger partial charge in [0, 0.05) is 13.0 Å². The van der Waals surface area contributed by atoms with Gasteiger partial charge in [0.2, 0.25) is 0 Å². The summed E-state index contributed by atoms with van der Waals surface area (Å²) in [6.07, 6.45) is 0.929. The fourth-order valence-corrected chi connectivity index (χ4v) is 3.94. The van der Waals surface area contributed by atoms with Gasteiger partial charge in [0.05, 0.1) is 12.0 Å². The lowest BCUT2D eigenvalue weighted by Crippen LogP contribution is -2.41. The maximum absolute atomic E-state index is 12.5. The molecule has 4 rings (SSSR count). The number of hydrogen-bond donors (Lipinski definition) is 1. The molecule has 0 heterocycles. The summed E-state index contributed by atoms with van der Waals surface area (Å²) >= 11 is 0. The van der Waals surface area contributed by atoms with E-state index in [4.69, 9.17) is 9.84 Å². The Bertz CT molecular complexity index is 826. The summed E-state index contributed by atoms with van der Waals surface area (Å²) < 4.78 is 5.60. The van der Waals surface area contributed by atoms with Crippen molar-refractivity contribution < 1.29 is 19.4 Å². The third-order valence-electron chi connectivity index (χ3n) is 5.63. The molecule has 5 heteroatoms. The molecule has 0 aromatic heterocycles. The average Bonchev–Trinajstić information content (AvgIpc) is 3.34. The van der Waals surface area contributed by atoms with Crippen LogP contribution in [-0.4, -0.2) is 41.3 Å². The molecule has 0 aliphatic heterocycles. The van der Waals surface area contributed by atoms with Crippen LogP contribution in [0.4, 0.5) is 4.79 Å². The van der Waals surface area contributed by atoms with Crippen LogP contribution in [0.3, 0.4) is 0 Å². The normalized spacial score (nSPS) is 16.5. The summed E-state index contributed by atoms with van der Waals surface area (Å²) in [4.78, 5) is 25.0. The monoisotopic (exact) mass is 351 g/mol. The van der Waals surface area contributed by atoms with Gasteiger partial charge in [0.1, 0.15) is 6.61 Å². The lowest BCUT2D eigenvalue weighted by molar-refractivity contribution is -0.138. The molecule has 2 aromatic rings. The van der Waals surface area contributed by atoms with E-state index in [-0.39, 0.29) is 18.9 Å². The minimum absolute atomic E-state index is 0.00868. The highest BCUT2D eigenvalue weighted by molar-refractivity contribution is 5.79. The number of rotatable bonds is 5. The summed E-state index contributed by atoms with van der Waals surface area (Å²) in [7, 11) is 1.63. The van der Waals surface area contributed by atoms with Gasteiger partial charge in [0.15, 0.2) is 0 Å². The first-order chi connectivity index (χ1) is 12.5. The topological polar surface area (TPSA) is 66.8 Å². The molecule has 0 radical (unpaired) electrons. The Morgan fingerprint density at radius 2 is 1.62 bits per heavy atom. The van der Waals surface area contributed by atoms with Gasteiger partial charge in [-0.15, -0.1) is 0 Å². The number of fused-ring (bicyclic) bond motifs is 3. The van der Waals surface area contributed by atoms with E-state index in [9.17, 15) is 9.59 Å². The smallest absolute Gasteiger partial charge is 0.410 e. The molecule has 134 valence electrons. The number of benzene rings is 2. The average molecular weight is 351 g/mol. The number of carboxylic acid groups (broad SMARTS) is 1. The predicted molar refractivity (Wildman–Crippen MR) is 97.0 cm³/mol. The zero-order chi connectivity index (χ0) is 18.3. The number of nitrogens with zero attached hydrogens (tertiary/aromatic N) is 1.